The Labute approximate surface area is 123 Å². The molecule has 1 unspecified atom stereocenters. The molecule has 0 aliphatic heterocycles. The topological polar surface area (TPSA) is 47.0 Å². The summed E-state index contributed by atoms with van der Waals surface area (Å²) >= 11 is 0. The highest BCUT2D eigenvalue weighted by molar-refractivity contribution is 5.25. The third-order valence-electron chi connectivity index (χ3n) is 3.39. The molecule has 4 nitrogen and oxygen atoms in total. The Balaban J connectivity index is 2.85. The fourth-order valence-electron chi connectivity index (χ4n) is 2.33. The lowest BCUT2D eigenvalue weighted by atomic mass is 10.1. The maximum atomic E-state index is 5.70. The molecule has 0 amide bonds. The minimum Gasteiger partial charge on any atom is -0.371 e. The molecule has 0 saturated heterocycles. The molecular formula is C16H29N3O. The van der Waals surface area contributed by atoms with Crippen LogP contribution in [0.4, 0.5) is 0 Å². The van der Waals surface area contributed by atoms with Gasteiger partial charge in [0.1, 0.15) is 6.10 Å². The second-order valence-corrected chi connectivity index (χ2v) is 5.44. The Morgan fingerprint density at radius 1 is 1.10 bits per heavy atom. The number of hydrogen-bond acceptors (Lipinski definition) is 4. The molecule has 1 aromatic rings. The highest BCUT2D eigenvalue weighted by Crippen LogP contribution is 2.20. The molecule has 0 aromatic carbocycles. The first-order valence-corrected chi connectivity index (χ1v) is 7.68. The largest absolute Gasteiger partial charge is 0.371 e. The summed E-state index contributed by atoms with van der Waals surface area (Å²) in [5.74, 6) is 0.824. The molecule has 1 aromatic heterocycles. The van der Waals surface area contributed by atoms with Crippen molar-refractivity contribution in [3.63, 3.8) is 0 Å². The Hall–Kier alpha value is -1.00. The van der Waals surface area contributed by atoms with Crippen LogP contribution in [0.5, 0.6) is 0 Å². The predicted molar refractivity (Wildman–Crippen MR) is 83.0 cm³/mol. The Bertz CT molecular complexity index is 395. The first-order chi connectivity index (χ1) is 9.49. The number of nitrogens with one attached hydrogen (secondary N) is 1. The van der Waals surface area contributed by atoms with Crippen LogP contribution in [0, 0.1) is 13.8 Å². The van der Waals surface area contributed by atoms with E-state index in [9.17, 15) is 0 Å². The van der Waals surface area contributed by atoms with Gasteiger partial charge < -0.3 is 10.1 Å². The van der Waals surface area contributed by atoms with E-state index in [2.05, 4.69) is 49.9 Å². The number of rotatable bonds is 8. The van der Waals surface area contributed by atoms with Crippen LogP contribution >= 0.6 is 0 Å². The van der Waals surface area contributed by atoms with Crippen molar-refractivity contribution in [3.05, 3.63) is 22.8 Å². The van der Waals surface area contributed by atoms with Gasteiger partial charge in [0.25, 0.3) is 0 Å². The van der Waals surface area contributed by atoms with Crippen molar-refractivity contribution in [1.82, 2.24) is 15.3 Å². The van der Waals surface area contributed by atoms with Crippen LogP contribution in [-0.4, -0.2) is 29.2 Å². The van der Waals surface area contributed by atoms with Gasteiger partial charge in [0, 0.05) is 24.0 Å². The maximum Gasteiger partial charge on any atom is 0.157 e. The standard InChI is InChI=1S/C16H29N3O/c1-7-15(20-8-2)16-18-12(5)14(13(6)19-16)9-10-17-11(3)4/h11,15,17H,7-10H2,1-6H3. The van der Waals surface area contributed by atoms with E-state index in [-0.39, 0.29) is 6.10 Å². The highest BCUT2D eigenvalue weighted by atomic mass is 16.5. The van der Waals surface area contributed by atoms with Crippen LogP contribution < -0.4 is 5.32 Å². The van der Waals surface area contributed by atoms with Gasteiger partial charge in [-0.25, -0.2) is 9.97 Å². The summed E-state index contributed by atoms with van der Waals surface area (Å²) in [5.41, 5.74) is 3.42. The summed E-state index contributed by atoms with van der Waals surface area (Å²) in [4.78, 5) is 9.32. The van der Waals surface area contributed by atoms with Gasteiger partial charge in [-0.05, 0) is 45.7 Å². The van der Waals surface area contributed by atoms with Gasteiger partial charge in [0.15, 0.2) is 5.82 Å². The van der Waals surface area contributed by atoms with Crippen molar-refractivity contribution < 1.29 is 4.74 Å². The zero-order chi connectivity index (χ0) is 15.1. The van der Waals surface area contributed by atoms with Crippen molar-refractivity contribution in [3.8, 4) is 0 Å². The van der Waals surface area contributed by atoms with E-state index in [1.54, 1.807) is 0 Å². The average Bonchev–Trinajstić information content (AvgIpc) is 2.38. The van der Waals surface area contributed by atoms with Crippen LogP contribution in [0.1, 0.15) is 63.0 Å². The quantitative estimate of drug-likeness (QED) is 0.794. The highest BCUT2D eigenvalue weighted by Gasteiger charge is 2.16. The van der Waals surface area contributed by atoms with Crippen LogP contribution in [0.3, 0.4) is 0 Å². The minimum atomic E-state index is 0.0141. The Morgan fingerprint density at radius 3 is 2.15 bits per heavy atom. The number of ether oxygens (including phenoxy) is 1. The second-order valence-electron chi connectivity index (χ2n) is 5.44. The molecule has 114 valence electrons. The number of nitrogens with zero attached hydrogens (tertiary/aromatic N) is 2. The van der Waals surface area contributed by atoms with Crippen molar-refractivity contribution in [2.24, 2.45) is 0 Å². The summed E-state index contributed by atoms with van der Waals surface area (Å²) in [6, 6.07) is 0.512. The van der Waals surface area contributed by atoms with Gasteiger partial charge in [-0.2, -0.15) is 0 Å². The lowest BCUT2D eigenvalue weighted by Gasteiger charge is -2.17. The average molecular weight is 279 g/mol. The van der Waals surface area contributed by atoms with Crippen LogP contribution in [0.2, 0.25) is 0 Å². The fourth-order valence-corrected chi connectivity index (χ4v) is 2.33. The molecule has 1 N–H and O–H groups in total. The summed E-state index contributed by atoms with van der Waals surface area (Å²) in [7, 11) is 0. The van der Waals surface area contributed by atoms with E-state index >= 15 is 0 Å². The second kappa shape index (κ2) is 8.32. The zero-order valence-electron chi connectivity index (χ0n) is 13.8. The van der Waals surface area contributed by atoms with Crippen molar-refractivity contribution in [2.45, 2.75) is 66.5 Å². The van der Waals surface area contributed by atoms with Gasteiger partial charge in [-0.15, -0.1) is 0 Å². The Morgan fingerprint density at radius 2 is 1.70 bits per heavy atom. The molecule has 1 atom stereocenters. The van der Waals surface area contributed by atoms with E-state index in [4.69, 9.17) is 4.74 Å². The summed E-state index contributed by atoms with van der Waals surface area (Å²) in [6.45, 7) is 14.2. The van der Waals surface area contributed by atoms with Gasteiger partial charge >= 0.3 is 0 Å². The molecule has 0 spiro atoms. The molecule has 0 saturated carbocycles. The van der Waals surface area contributed by atoms with E-state index in [1.807, 2.05) is 6.92 Å². The molecule has 0 fully saturated rings. The number of aryl methyl sites for hydroxylation is 2. The summed E-state index contributed by atoms with van der Waals surface area (Å²) in [5, 5.41) is 3.44. The van der Waals surface area contributed by atoms with Crippen LogP contribution in [-0.2, 0) is 11.2 Å². The van der Waals surface area contributed by atoms with Gasteiger partial charge in [0.05, 0.1) is 0 Å². The lowest BCUT2D eigenvalue weighted by molar-refractivity contribution is 0.0532. The first kappa shape index (κ1) is 17.1. The molecular weight excluding hydrogens is 250 g/mol. The van der Waals surface area contributed by atoms with Crippen LogP contribution in [0.25, 0.3) is 0 Å². The van der Waals surface area contributed by atoms with Crippen LogP contribution in [0.15, 0.2) is 0 Å². The van der Waals surface area contributed by atoms with E-state index < -0.39 is 0 Å². The third-order valence-corrected chi connectivity index (χ3v) is 3.39. The monoisotopic (exact) mass is 279 g/mol. The van der Waals surface area contributed by atoms with Crippen molar-refractivity contribution in [2.75, 3.05) is 13.2 Å². The van der Waals surface area contributed by atoms with Crippen molar-refractivity contribution in [1.29, 1.82) is 0 Å². The molecule has 1 heterocycles. The lowest BCUT2D eigenvalue weighted by Crippen LogP contribution is -2.25. The van der Waals surface area contributed by atoms with Crippen molar-refractivity contribution >= 4 is 0 Å². The maximum absolute atomic E-state index is 5.70. The molecule has 1 rings (SSSR count). The van der Waals surface area contributed by atoms with E-state index in [1.165, 1.54) is 5.56 Å². The molecule has 0 aliphatic carbocycles. The minimum absolute atomic E-state index is 0.0141. The summed E-state index contributed by atoms with van der Waals surface area (Å²) < 4.78 is 5.70. The fraction of sp³-hybridized carbons (Fsp3) is 0.750. The van der Waals surface area contributed by atoms with E-state index in [0.29, 0.717) is 12.6 Å². The number of aromatic nitrogens is 2. The first-order valence-electron chi connectivity index (χ1n) is 7.68. The molecule has 4 heteroatoms. The smallest absolute Gasteiger partial charge is 0.157 e. The SMILES string of the molecule is CCOC(CC)c1nc(C)c(CCNC(C)C)c(C)n1. The molecule has 0 bridgehead atoms. The Kier molecular flexibility index (Phi) is 7.10. The molecule has 0 radical (unpaired) electrons. The number of hydrogen-bond donors (Lipinski definition) is 1. The zero-order valence-corrected chi connectivity index (χ0v) is 13.8. The normalized spacial score (nSPS) is 12.9. The van der Waals surface area contributed by atoms with E-state index in [0.717, 1.165) is 36.6 Å². The molecule has 0 aliphatic rings. The summed E-state index contributed by atoms with van der Waals surface area (Å²) in [6.07, 6.45) is 1.89. The molecule has 20 heavy (non-hydrogen) atoms. The van der Waals surface area contributed by atoms with Gasteiger partial charge in [-0.1, -0.05) is 20.8 Å². The third kappa shape index (κ3) is 4.84. The predicted octanol–water partition coefficient (Wildman–Crippen LogP) is 3.12. The van der Waals surface area contributed by atoms with Gasteiger partial charge in [0.2, 0.25) is 0 Å². The van der Waals surface area contributed by atoms with Gasteiger partial charge in [-0.3, -0.25) is 0 Å².